The number of rotatable bonds is 5. The first kappa shape index (κ1) is 23.7. The number of anilines is 3. The van der Waals surface area contributed by atoms with Crippen LogP contribution in [0.2, 0.25) is 5.02 Å². The average molecular weight is 515 g/mol. The van der Waals surface area contributed by atoms with Crippen LogP contribution in [0.25, 0.3) is 10.8 Å². The van der Waals surface area contributed by atoms with Crippen molar-refractivity contribution in [2.75, 3.05) is 29.9 Å². The third kappa shape index (κ3) is 4.71. The van der Waals surface area contributed by atoms with Gasteiger partial charge < -0.3 is 20.3 Å². The molecule has 0 spiro atoms. The maximum Gasteiger partial charge on any atom is 0.229 e. The molecule has 37 heavy (non-hydrogen) atoms. The first-order valence-electron chi connectivity index (χ1n) is 12.4. The van der Waals surface area contributed by atoms with Crippen molar-refractivity contribution in [3.05, 3.63) is 70.6 Å². The van der Waals surface area contributed by atoms with Crippen molar-refractivity contribution < 1.29 is 4.74 Å². The molecule has 0 aliphatic carbocycles. The summed E-state index contributed by atoms with van der Waals surface area (Å²) in [7, 11) is 1.87. The van der Waals surface area contributed by atoms with E-state index in [0.717, 1.165) is 52.2 Å². The van der Waals surface area contributed by atoms with Gasteiger partial charge in [0.05, 0.1) is 42.8 Å². The summed E-state index contributed by atoms with van der Waals surface area (Å²) in [6, 6.07) is 14.5. The summed E-state index contributed by atoms with van der Waals surface area (Å²) in [5.41, 5.74) is 3.83. The Labute approximate surface area is 220 Å². The van der Waals surface area contributed by atoms with E-state index >= 15 is 0 Å². The fourth-order valence-corrected chi connectivity index (χ4v) is 5.53. The summed E-state index contributed by atoms with van der Waals surface area (Å²) in [6.45, 7) is 2.68. The normalized spacial score (nSPS) is 19.4. The first-order chi connectivity index (χ1) is 18.1. The van der Waals surface area contributed by atoms with Crippen LogP contribution in [0, 0.1) is 11.3 Å². The van der Waals surface area contributed by atoms with Crippen LogP contribution >= 0.6 is 11.6 Å². The van der Waals surface area contributed by atoms with E-state index in [-0.39, 0.29) is 12.1 Å². The highest BCUT2D eigenvalue weighted by Crippen LogP contribution is 2.39. The van der Waals surface area contributed by atoms with Crippen LogP contribution in [-0.4, -0.2) is 45.4 Å². The number of halogens is 1. The Kier molecular flexibility index (Phi) is 6.38. The van der Waals surface area contributed by atoms with Gasteiger partial charge in [-0.15, -0.1) is 0 Å². The highest BCUT2D eigenvalue weighted by atomic mass is 35.5. The van der Waals surface area contributed by atoms with Crippen molar-refractivity contribution in [3.63, 3.8) is 0 Å². The number of fused-ring (bicyclic) bond motifs is 2. The summed E-state index contributed by atoms with van der Waals surface area (Å²) in [5.74, 6) is 1.38. The van der Waals surface area contributed by atoms with Gasteiger partial charge in [-0.1, -0.05) is 41.9 Å². The van der Waals surface area contributed by atoms with Gasteiger partial charge in [-0.2, -0.15) is 15.3 Å². The summed E-state index contributed by atoms with van der Waals surface area (Å²) in [6.07, 6.45) is 4.51. The van der Waals surface area contributed by atoms with Crippen LogP contribution in [0.5, 0.6) is 0 Å². The Morgan fingerprint density at radius 1 is 1.24 bits per heavy atom. The molecule has 2 N–H and O–H groups in total. The molecule has 2 aliphatic heterocycles. The number of aryl methyl sites for hydroxylation is 1. The molecule has 2 aliphatic rings. The van der Waals surface area contributed by atoms with Crippen LogP contribution in [0.1, 0.15) is 29.3 Å². The second-order valence-electron chi connectivity index (χ2n) is 9.47. The van der Waals surface area contributed by atoms with E-state index in [9.17, 15) is 5.26 Å². The van der Waals surface area contributed by atoms with Gasteiger partial charge in [-0.3, -0.25) is 4.68 Å². The lowest BCUT2D eigenvalue weighted by Crippen LogP contribution is -2.51. The van der Waals surface area contributed by atoms with Gasteiger partial charge in [0.25, 0.3) is 0 Å². The van der Waals surface area contributed by atoms with Crippen molar-refractivity contribution in [3.8, 4) is 6.07 Å². The second kappa shape index (κ2) is 9.98. The van der Waals surface area contributed by atoms with Gasteiger partial charge in [0.2, 0.25) is 5.95 Å². The molecule has 2 atom stereocenters. The third-order valence-corrected chi connectivity index (χ3v) is 7.28. The summed E-state index contributed by atoms with van der Waals surface area (Å²) in [4.78, 5) is 12.1. The van der Waals surface area contributed by atoms with Crippen LogP contribution in [-0.2, 0) is 24.8 Å². The molecule has 6 rings (SSSR count). The van der Waals surface area contributed by atoms with Crippen LogP contribution < -0.4 is 15.5 Å². The largest absolute Gasteiger partial charge is 0.368 e. The molecule has 10 heteroatoms. The lowest BCUT2D eigenvalue weighted by molar-refractivity contribution is 0.0270. The molecule has 1 saturated heterocycles. The molecular weight excluding hydrogens is 488 g/mol. The van der Waals surface area contributed by atoms with Gasteiger partial charge in [0.1, 0.15) is 5.82 Å². The number of hydrogen-bond donors (Lipinski definition) is 2. The highest BCUT2D eigenvalue weighted by molar-refractivity contribution is 6.35. The van der Waals surface area contributed by atoms with E-state index < -0.39 is 0 Å². The maximum absolute atomic E-state index is 9.23. The number of piperazine rings is 1. The molecule has 9 nitrogen and oxygen atoms in total. The molecule has 4 aromatic rings. The number of nitriles is 1. The Bertz CT molecular complexity index is 1490. The smallest absolute Gasteiger partial charge is 0.229 e. The van der Waals surface area contributed by atoms with E-state index in [4.69, 9.17) is 26.3 Å². The van der Waals surface area contributed by atoms with Gasteiger partial charge in [-0.25, -0.2) is 4.98 Å². The Hall–Kier alpha value is -3.71. The van der Waals surface area contributed by atoms with E-state index in [1.165, 1.54) is 0 Å². The SMILES string of the molecule is Cn1cc(Nc2nc3c(c(N4CCN[C@@H](CC#N)C4)n2)COC(c2cccc4cccc(Cl)c24)C3)cn1. The first-order valence-corrected chi connectivity index (χ1v) is 12.8. The molecule has 0 radical (unpaired) electrons. The number of nitrogens with zero attached hydrogens (tertiary/aromatic N) is 6. The van der Waals surface area contributed by atoms with E-state index in [2.05, 4.69) is 44.9 Å². The monoisotopic (exact) mass is 514 g/mol. The highest BCUT2D eigenvalue weighted by Gasteiger charge is 2.31. The third-order valence-electron chi connectivity index (χ3n) is 6.97. The molecule has 1 unspecified atom stereocenters. The number of nitrogens with one attached hydrogen (secondary N) is 2. The zero-order chi connectivity index (χ0) is 25.4. The topological polar surface area (TPSA) is 104 Å². The maximum atomic E-state index is 9.23. The van der Waals surface area contributed by atoms with E-state index in [1.54, 1.807) is 10.9 Å². The second-order valence-corrected chi connectivity index (χ2v) is 9.88. The average Bonchev–Trinajstić information content (AvgIpc) is 3.32. The minimum Gasteiger partial charge on any atom is -0.368 e. The molecule has 0 saturated carbocycles. The standard InChI is InChI=1S/C27H27ClN8O/c1-35-14-19(13-31-35)32-27-33-23-12-24(20-6-2-4-17-5-3-7-22(28)25(17)20)37-16-21(23)26(34-27)36-11-10-30-18(15-36)8-9-29/h2-7,13-14,18,24,30H,8,10-12,15-16H2,1H3,(H,32,33,34)/t18-,24?/m0/s1. The van der Waals surface area contributed by atoms with Crippen molar-refractivity contribution in [1.82, 2.24) is 25.1 Å². The van der Waals surface area contributed by atoms with Crippen LogP contribution in [0.15, 0.2) is 48.8 Å². The van der Waals surface area contributed by atoms with Crippen molar-refractivity contribution >= 4 is 39.8 Å². The quantitative estimate of drug-likeness (QED) is 0.407. The van der Waals surface area contributed by atoms with Crippen LogP contribution in [0.3, 0.4) is 0 Å². The number of benzene rings is 2. The van der Waals surface area contributed by atoms with E-state index in [1.807, 2.05) is 31.4 Å². The lowest BCUT2D eigenvalue weighted by atomic mass is 9.94. The summed E-state index contributed by atoms with van der Waals surface area (Å²) in [5, 5.41) is 23.1. The minimum absolute atomic E-state index is 0.0918. The molecule has 4 heterocycles. The predicted octanol–water partition coefficient (Wildman–Crippen LogP) is 4.27. The fourth-order valence-electron chi connectivity index (χ4n) is 5.24. The number of hydrogen-bond acceptors (Lipinski definition) is 8. The Balaban J connectivity index is 1.39. The zero-order valence-corrected chi connectivity index (χ0v) is 21.2. The van der Waals surface area contributed by atoms with Gasteiger partial charge in [0, 0.05) is 61.3 Å². The predicted molar refractivity (Wildman–Crippen MR) is 143 cm³/mol. The number of aromatic nitrogens is 4. The lowest BCUT2D eigenvalue weighted by Gasteiger charge is -2.36. The summed E-state index contributed by atoms with van der Waals surface area (Å²) < 4.78 is 8.19. The molecule has 0 bridgehead atoms. The van der Waals surface area contributed by atoms with Gasteiger partial charge >= 0.3 is 0 Å². The van der Waals surface area contributed by atoms with Crippen LogP contribution in [0.4, 0.5) is 17.5 Å². The summed E-state index contributed by atoms with van der Waals surface area (Å²) >= 11 is 6.63. The molecule has 0 amide bonds. The fraction of sp³-hybridized carbons (Fsp3) is 0.333. The molecule has 188 valence electrons. The van der Waals surface area contributed by atoms with Gasteiger partial charge in [-0.05, 0) is 17.0 Å². The van der Waals surface area contributed by atoms with E-state index in [0.29, 0.717) is 37.0 Å². The minimum atomic E-state index is -0.181. The molecule has 1 fully saturated rings. The zero-order valence-electron chi connectivity index (χ0n) is 20.5. The van der Waals surface area contributed by atoms with Crippen molar-refractivity contribution in [2.45, 2.75) is 31.6 Å². The number of ether oxygens (including phenoxy) is 1. The molecule has 2 aromatic carbocycles. The van der Waals surface area contributed by atoms with Crippen molar-refractivity contribution in [1.29, 1.82) is 5.26 Å². The molecular formula is C27H27ClN8O. The van der Waals surface area contributed by atoms with Gasteiger partial charge in [0.15, 0.2) is 0 Å². The van der Waals surface area contributed by atoms with Crippen molar-refractivity contribution in [2.24, 2.45) is 7.05 Å². The molecule has 2 aromatic heterocycles. The Morgan fingerprint density at radius 3 is 2.92 bits per heavy atom. The Morgan fingerprint density at radius 2 is 2.11 bits per heavy atom.